The van der Waals surface area contributed by atoms with Gasteiger partial charge in [0.05, 0.1) is 0 Å². The quantitative estimate of drug-likeness (QED) is 0.715. The highest BCUT2D eigenvalue weighted by atomic mass is 32.2. The summed E-state index contributed by atoms with van der Waals surface area (Å²) in [7, 11) is 0. The van der Waals surface area contributed by atoms with Gasteiger partial charge in [-0.1, -0.05) is 6.07 Å². The van der Waals surface area contributed by atoms with E-state index in [-0.39, 0.29) is 0 Å². The lowest BCUT2D eigenvalue weighted by molar-refractivity contribution is 0.686. The van der Waals surface area contributed by atoms with Crippen LogP contribution in [0.4, 0.5) is 0 Å². The van der Waals surface area contributed by atoms with Crippen molar-refractivity contribution in [3.63, 3.8) is 0 Å². The van der Waals surface area contributed by atoms with Crippen LogP contribution < -0.4 is 0 Å². The van der Waals surface area contributed by atoms with Crippen molar-refractivity contribution in [2.24, 2.45) is 0 Å². The predicted molar refractivity (Wildman–Crippen MR) is 84.9 cm³/mol. The van der Waals surface area contributed by atoms with Gasteiger partial charge in [-0.05, 0) is 55.2 Å². The number of pyridine rings is 1. The van der Waals surface area contributed by atoms with E-state index in [0.717, 1.165) is 33.4 Å². The summed E-state index contributed by atoms with van der Waals surface area (Å²) < 4.78 is 7.42. The minimum absolute atomic E-state index is 0.582. The first-order chi connectivity index (χ1) is 10.8. The van der Waals surface area contributed by atoms with E-state index in [1.54, 1.807) is 6.20 Å². The fourth-order valence-electron chi connectivity index (χ4n) is 2.18. The lowest BCUT2D eigenvalue weighted by Gasteiger charge is -2.05. The van der Waals surface area contributed by atoms with Gasteiger partial charge in [-0.15, -0.1) is 10.2 Å². The Morgan fingerprint density at radius 2 is 2.23 bits per heavy atom. The molecule has 1 aliphatic carbocycles. The zero-order valence-corrected chi connectivity index (χ0v) is 13.6. The Hall–Kier alpha value is -1.80. The third-order valence-electron chi connectivity index (χ3n) is 3.47. The summed E-state index contributed by atoms with van der Waals surface area (Å²) in [5.74, 6) is 2.36. The first-order valence-corrected chi connectivity index (χ1v) is 8.80. The van der Waals surface area contributed by atoms with Crippen molar-refractivity contribution in [3.8, 4) is 11.5 Å². The molecule has 0 aromatic carbocycles. The van der Waals surface area contributed by atoms with E-state index in [2.05, 4.69) is 36.0 Å². The average Bonchev–Trinajstić information content (AvgIpc) is 3.17. The third-order valence-corrected chi connectivity index (χ3v) is 5.22. The topological polar surface area (TPSA) is 69.4 Å². The minimum atomic E-state index is 0.582. The molecule has 6 nitrogen and oxygen atoms in total. The van der Waals surface area contributed by atoms with E-state index in [0.29, 0.717) is 5.92 Å². The zero-order valence-electron chi connectivity index (χ0n) is 12.0. The van der Waals surface area contributed by atoms with Crippen molar-refractivity contribution >= 4 is 23.3 Å². The number of hydrogen-bond donors (Lipinski definition) is 0. The lowest BCUT2D eigenvalue weighted by Crippen LogP contribution is -2.00. The summed E-state index contributed by atoms with van der Waals surface area (Å²) in [5, 5.41) is 9.43. The molecule has 3 aromatic heterocycles. The van der Waals surface area contributed by atoms with Gasteiger partial charge in [0.25, 0.3) is 0 Å². The van der Waals surface area contributed by atoms with Crippen LogP contribution in [-0.2, 0) is 6.54 Å². The average molecular weight is 330 g/mol. The summed E-state index contributed by atoms with van der Waals surface area (Å²) in [4.78, 5) is 8.95. The fourth-order valence-corrected chi connectivity index (χ4v) is 3.86. The van der Waals surface area contributed by atoms with Gasteiger partial charge >= 0.3 is 0 Å². The van der Waals surface area contributed by atoms with Crippen LogP contribution in [0.2, 0.25) is 0 Å². The Kier molecular flexibility index (Phi) is 3.63. The molecule has 0 bridgehead atoms. The normalized spacial score (nSPS) is 14.4. The standard InChI is InChI=1S/C14H14N6S2/c1-2-20-12(10-5-3-4-8-15-10)17-18-13(20)21-14-16-11(19-22-14)9-6-7-9/h3-5,8-9H,2,6-7H2,1H3. The largest absolute Gasteiger partial charge is 0.301 e. The molecule has 0 N–H and O–H groups in total. The summed E-state index contributed by atoms with van der Waals surface area (Å²) in [6.07, 6.45) is 4.20. The molecule has 8 heteroatoms. The number of nitrogens with zero attached hydrogens (tertiary/aromatic N) is 6. The van der Waals surface area contributed by atoms with E-state index >= 15 is 0 Å². The summed E-state index contributed by atoms with van der Waals surface area (Å²) in [6, 6.07) is 5.80. The number of hydrogen-bond acceptors (Lipinski definition) is 7. The van der Waals surface area contributed by atoms with Crippen LogP contribution in [0.3, 0.4) is 0 Å². The molecule has 112 valence electrons. The molecule has 3 aromatic rings. The van der Waals surface area contributed by atoms with E-state index in [9.17, 15) is 0 Å². The Bertz CT molecular complexity index is 778. The van der Waals surface area contributed by atoms with E-state index < -0.39 is 0 Å². The molecule has 0 spiro atoms. The van der Waals surface area contributed by atoms with E-state index in [4.69, 9.17) is 0 Å². The minimum Gasteiger partial charge on any atom is -0.301 e. The van der Waals surface area contributed by atoms with Gasteiger partial charge < -0.3 is 4.57 Å². The summed E-state index contributed by atoms with van der Waals surface area (Å²) >= 11 is 2.97. The first kappa shape index (κ1) is 13.8. The molecule has 1 saturated carbocycles. The van der Waals surface area contributed by atoms with Crippen LogP contribution >= 0.6 is 23.3 Å². The van der Waals surface area contributed by atoms with Crippen LogP contribution in [0, 0.1) is 0 Å². The van der Waals surface area contributed by atoms with Crippen molar-refractivity contribution in [1.82, 2.24) is 29.1 Å². The molecule has 0 saturated heterocycles. The smallest absolute Gasteiger partial charge is 0.198 e. The van der Waals surface area contributed by atoms with E-state index in [1.165, 1.54) is 36.1 Å². The molecule has 22 heavy (non-hydrogen) atoms. The molecule has 0 unspecified atom stereocenters. The molecular formula is C14H14N6S2. The Morgan fingerprint density at radius 1 is 1.32 bits per heavy atom. The van der Waals surface area contributed by atoms with Gasteiger partial charge in [0.2, 0.25) is 0 Å². The lowest BCUT2D eigenvalue weighted by atomic mass is 10.3. The van der Waals surface area contributed by atoms with Crippen molar-refractivity contribution in [1.29, 1.82) is 0 Å². The van der Waals surface area contributed by atoms with Gasteiger partial charge in [0.1, 0.15) is 11.5 Å². The van der Waals surface area contributed by atoms with Crippen LogP contribution in [-0.4, -0.2) is 29.1 Å². The van der Waals surface area contributed by atoms with Gasteiger partial charge in [0, 0.05) is 18.7 Å². The Balaban J connectivity index is 1.62. The monoisotopic (exact) mass is 330 g/mol. The molecule has 4 rings (SSSR count). The fraction of sp³-hybridized carbons (Fsp3) is 0.357. The van der Waals surface area contributed by atoms with Crippen LogP contribution in [0.25, 0.3) is 11.5 Å². The highest BCUT2D eigenvalue weighted by molar-refractivity contribution is 8.00. The maximum atomic E-state index is 4.60. The maximum Gasteiger partial charge on any atom is 0.198 e. The molecule has 3 heterocycles. The Labute approximate surface area is 136 Å². The molecule has 0 amide bonds. The van der Waals surface area contributed by atoms with Crippen LogP contribution in [0.1, 0.15) is 31.5 Å². The van der Waals surface area contributed by atoms with Crippen molar-refractivity contribution < 1.29 is 0 Å². The third kappa shape index (κ3) is 2.64. The maximum absolute atomic E-state index is 4.60. The van der Waals surface area contributed by atoms with E-state index in [1.807, 2.05) is 18.2 Å². The predicted octanol–water partition coefficient (Wildman–Crippen LogP) is 3.24. The molecule has 0 aliphatic heterocycles. The highest BCUT2D eigenvalue weighted by Gasteiger charge is 2.28. The molecule has 0 atom stereocenters. The second kappa shape index (κ2) is 5.77. The van der Waals surface area contributed by atoms with Crippen LogP contribution in [0.5, 0.6) is 0 Å². The molecule has 1 aliphatic rings. The van der Waals surface area contributed by atoms with Gasteiger partial charge in [-0.25, -0.2) is 4.98 Å². The zero-order chi connectivity index (χ0) is 14.9. The van der Waals surface area contributed by atoms with Crippen LogP contribution in [0.15, 0.2) is 33.9 Å². The SMILES string of the molecule is CCn1c(Sc2nc(C3CC3)ns2)nnc1-c1ccccn1. The van der Waals surface area contributed by atoms with Gasteiger partial charge in [-0.2, -0.15) is 4.37 Å². The Morgan fingerprint density at radius 3 is 2.95 bits per heavy atom. The van der Waals surface area contributed by atoms with Gasteiger partial charge in [-0.3, -0.25) is 4.98 Å². The van der Waals surface area contributed by atoms with Crippen molar-refractivity contribution in [3.05, 3.63) is 30.2 Å². The van der Waals surface area contributed by atoms with Gasteiger partial charge in [0.15, 0.2) is 15.3 Å². The molecule has 1 fully saturated rings. The summed E-state index contributed by atoms with van der Waals surface area (Å²) in [5.41, 5.74) is 0.833. The second-order valence-corrected chi connectivity index (χ2v) is 7.03. The highest BCUT2D eigenvalue weighted by Crippen LogP contribution is 2.40. The number of rotatable bonds is 5. The molecular weight excluding hydrogens is 316 g/mol. The second-order valence-electron chi connectivity index (χ2n) is 5.06. The first-order valence-electron chi connectivity index (χ1n) is 7.21. The molecule has 0 radical (unpaired) electrons. The van der Waals surface area contributed by atoms with Crippen molar-refractivity contribution in [2.45, 2.75) is 41.7 Å². The van der Waals surface area contributed by atoms with Crippen molar-refractivity contribution in [2.75, 3.05) is 0 Å². The number of aromatic nitrogens is 6. The summed E-state index contributed by atoms with van der Waals surface area (Å²) in [6.45, 7) is 2.87.